The maximum Gasteiger partial charge on any atom is 0.271 e. The molecule has 0 unspecified atom stereocenters. The van der Waals surface area contributed by atoms with E-state index in [1.54, 1.807) is 24.3 Å². The van der Waals surface area contributed by atoms with Gasteiger partial charge in [0.05, 0.1) is 11.1 Å². The van der Waals surface area contributed by atoms with Crippen LogP contribution in [-0.2, 0) is 0 Å². The number of hydrogen-bond donors (Lipinski definition) is 1. The van der Waals surface area contributed by atoms with E-state index in [9.17, 15) is 14.9 Å². The van der Waals surface area contributed by atoms with Crippen molar-refractivity contribution >= 4 is 45.3 Å². The lowest BCUT2D eigenvalue weighted by Gasteiger charge is -2.01. The highest BCUT2D eigenvalue weighted by molar-refractivity contribution is 9.10. The Kier molecular flexibility index (Phi) is 5.24. The Morgan fingerprint density at radius 2 is 1.95 bits per heavy atom. The summed E-state index contributed by atoms with van der Waals surface area (Å²) >= 11 is 9.19. The van der Waals surface area contributed by atoms with Crippen molar-refractivity contribution in [3.63, 3.8) is 0 Å². The number of halogens is 2. The maximum absolute atomic E-state index is 11.8. The Hall–Kier alpha value is -2.25. The smallest absolute Gasteiger partial charge is 0.267 e. The van der Waals surface area contributed by atoms with Gasteiger partial charge < -0.3 is 0 Å². The normalized spacial score (nSPS) is 10.6. The average Bonchev–Trinajstić information content (AvgIpc) is 2.49. The van der Waals surface area contributed by atoms with Crippen LogP contribution < -0.4 is 5.43 Å². The third-order valence-electron chi connectivity index (χ3n) is 2.67. The Morgan fingerprint density at radius 3 is 2.59 bits per heavy atom. The number of hydrazone groups is 1. The highest BCUT2D eigenvalue weighted by Gasteiger charge is 2.08. The maximum atomic E-state index is 11.8. The minimum atomic E-state index is -0.534. The van der Waals surface area contributed by atoms with Crippen LogP contribution in [0.2, 0.25) is 5.02 Å². The molecule has 2 aromatic rings. The number of nitro benzene ring substituents is 1. The fourth-order valence-electron chi connectivity index (χ4n) is 1.57. The molecule has 0 heterocycles. The van der Waals surface area contributed by atoms with Crippen molar-refractivity contribution < 1.29 is 9.72 Å². The lowest BCUT2D eigenvalue weighted by molar-refractivity contribution is -0.384. The molecular weight excluding hydrogens is 374 g/mol. The van der Waals surface area contributed by atoms with Gasteiger partial charge in [-0.3, -0.25) is 14.9 Å². The van der Waals surface area contributed by atoms with Crippen molar-refractivity contribution in [2.24, 2.45) is 5.10 Å². The SMILES string of the molecule is O=C(N/N=C\c1cc([N+](=O)[O-])ccc1Cl)c1ccc(Br)cc1. The van der Waals surface area contributed by atoms with Crippen LogP contribution in [0.25, 0.3) is 0 Å². The van der Waals surface area contributed by atoms with E-state index in [4.69, 9.17) is 11.6 Å². The summed E-state index contributed by atoms with van der Waals surface area (Å²) in [4.78, 5) is 22.0. The summed E-state index contributed by atoms with van der Waals surface area (Å²) in [5, 5.41) is 14.8. The van der Waals surface area contributed by atoms with Crippen LogP contribution in [0.4, 0.5) is 5.69 Å². The molecule has 0 bridgehead atoms. The highest BCUT2D eigenvalue weighted by Crippen LogP contribution is 2.20. The van der Waals surface area contributed by atoms with Gasteiger partial charge in [0.15, 0.2) is 0 Å². The van der Waals surface area contributed by atoms with E-state index in [1.165, 1.54) is 24.4 Å². The minimum absolute atomic E-state index is 0.106. The van der Waals surface area contributed by atoms with Gasteiger partial charge in [-0.25, -0.2) is 5.43 Å². The van der Waals surface area contributed by atoms with Crippen LogP contribution >= 0.6 is 27.5 Å². The van der Waals surface area contributed by atoms with Crippen LogP contribution in [0.5, 0.6) is 0 Å². The Morgan fingerprint density at radius 1 is 1.27 bits per heavy atom. The highest BCUT2D eigenvalue weighted by atomic mass is 79.9. The van der Waals surface area contributed by atoms with Crippen molar-refractivity contribution in [3.05, 3.63) is 73.2 Å². The van der Waals surface area contributed by atoms with Crippen molar-refractivity contribution in [3.8, 4) is 0 Å². The fourth-order valence-corrected chi connectivity index (χ4v) is 2.00. The zero-order valence-electron chi connectivity index (χ0n) is 11.0. The predicted molar refractivity (Wildman–Crippen MR) is 87.3 cm³/mol. The van der Waals surface area contributed by atoms with E-state index in [-0.39, 0.29) is 5.69 Å². The van der Waals surface area contributed by atoms with Crippen molar-refractivity contribution in [1.82, 2.24) is 5.43 Å². The lowest BCUT2D eigenvalue weighted by atomic mass is 10.2. The summed E-state index contributed by atoms with van der Waals surface area (Å²) in [6.45, 7) is 0. The Balaban J connectivity index is 2.09. The number of nitro groups is 1. The molecule has 0 aliphatic carbocycles. The van der Waals surface area contributed by atoms with Crippen molar-refractivity contribution in [1.29, 1.82) is 0 Å². The third kappa shape index (κ3) is 4.12. The minimum Gasteiger partial charge on any atom is -0.267 e. The number of non-ortho nitro benzene ring substituents is 1. The number of carbonyl (C=O) groups is 1. The molecule has 2 rings (SSSR count). The number of nitrogens with zero attached hydrogens (tertiary/aromatic N) is 2. The monoisotopic (exact) mass is 381 g/mol. The van der Waals surface area contributed by atoms with Crippen LogP contribution in [0.15, 0.2) is 52.0 Å². The first-order valence-corrected chi connectivity index (χ1v) is 7.17. The van der Waals surface area contributed by atoms with E-state index in [1.807, 2.05) is 0 Å². The van der Waals surface area contributed by atoms with E-state index >= 15 is 0 Å². The first-order chi connectivity index (χ1) is 10.5. The molecule has 0 radical (unpaired) electrons. The summed E-state index contributed by atoms with van der Waals surface area (Å²) in [5.74, 6) is -0.398. The van der Waals surface area contributed by atoms with Gasteiger partial charge in [-0.05, 0) is 30.3 Å². The van der Waals surface area contributed by atoms with E-state index in [2.05, 4.69) is 26.5 Å². The number of amides is 1. The van der Waals surface area contributed by atoms with Gasteiger partial charge in [0.1, 0.15) is 0 Å². The largest absolute Gasteiger partial charge is 0.271 e. The molecule has 1 amide bonds. The molecule has 0 saturated carbocycles. The van der Waals surface area contributed by atoms with Crippen molar-refractivity contribution in [2.75, 3.05) is 0 Å². The molecule has 1 N–H and O–H groups in total. The molecule has 22 heavy (non-hydrogen) atoms. The van der Waals surface area contributed by atoms with E-state index in [0.717, 1.165) is 4.47 Å². The first-order valence-electron chi connectivity index (χ1n) is 6.00. The number of hydrogen-bond acceptors (Lipinski definition) is 4. The predicted octanol–water partition coefficient (Wildman–Crippen LogP) is 3.77. The van der Waals surface area contributed by atoms with Crippen LogP contribution in [-0.4, -0.2) is 17.0 Å². The summed E-state index contributed by atoms with van der Waals surface area (Å²) in [6, 6.07) is 10.7. The summed E-state index contributed by atoms with van der Waals surface area (Å²) in [7, 11) is 0. The zero-order chi connectivity index (χ0) is 16.1. The second kappa shape index (κ2) is 7.15. The molecular formula is C14H9BrClN3O3. The second-order valence-electron chi connectivity index (χ2n) is 4.17. The van der Waals surface area contributed by atoms with Gasteiger partial charge in [-0.1, -0.05) is 27.5 Å². The Labute approximate surface area is 139 Å². The van der Waals surface area contributed by atoms with Gasteiger partial charge in [0, 0.05) is 32.8 Å². The number of rotatable bonds is 4. The standard InChI is InChI=1S/C14H9BrClN3O3/c15-11-3-1-9(2-4-11)14(20)18-17-8-10-7-12(19(21)22)5-6-13(10)16/h1-8H,(H,18,20)/b17-8-. The first kappa shape index (κ1) is 16.1. The van der Waals surface area contributed by atoms with E-state index < -0.39 is 10.8 Å². The van der Waals surface area contributed by atoms with Crippen LogP contribution in [0.3, 0.4) is 0 Å². The van der Waals surface area contributed by atoms with Gasteiger partial charge in [0.25, 0.3) is 11.6 Å². The summed E-state index contributed by atoms with van der Waals surface area (Å²) in [5.41, 5.74) is 3.00. The molecule has 0 fully saturated rings. The summed E-state index contributed by atoms with van der Waals surface area (Å²) in [6.07, 6.45) is 1.26. The average molecular weight is 383 g/mol. The molecule has 2 aromatic carbocycles. The number of nitrogens with one attached hydrogen (secondary N) is 1. The molecule has 112 valence electrons. The third-order valence-corrected chi connectivity index (χ3v) is 3.54. The van der Waals surface area contributed by atoms with Crippen molar-refractivity contribution in [2.45, 2.75) is 0 Å². The molecule has 0 saturated heterocycles. The van der Waals surface area contributed by atoms with Gasteiger partial charge in [0.2, 0.25) is 0 Å². The van der Waals surface area contributed by atoms with Crippen LogP contribution in [0, 0.1) is 10.1 Å². The zero-order valence-corrected chi connectivity index (χ0v) is 13.3. The molecule has 0 aromatic heterocycles. The van der Waals surface area contributed by atoms with Gasteiger partial charge >= 0.3 is 0 Å². The van der Waals surface area contributed by atoms with Gasteiger partial charge in [-0.2, -0.15) is 5.10 Å². The number of benzene rings is 2. The molecule has 8 heteroatoms. The van der Waals surface area contributed by atoms with Gasteiger partial charge in [-0.15, -0.1) is 0 Å². The van der Waals surface area contributed by atoms with E-state index in [0.29, 0.717) is 16.1 Å². The lowest BCUT2D eigenvalue weighted by Crippen LogP contribution is -2.17. The van der Waals surface area contributed by atoms with Crippen LogP contribution in [0.1, 0.15) is 15.9 Å². The molecule has 0 spiro atoms. The molecule has 0 aliphatic heterocycles. The fraction of sp³-hybridized carbons (Fsp3) is 0. The molecule has 0 aliphatic rings. The molecule has 6 nitrogen and oxygen atoms in total. The quantitative estimate of drug-likeness (QED) is 0.496. The number of carbonyl (C=O) groups excluding carboxylic acids is 1. The second-order valence-corrected chi connectivity index (χ2v) is 5.49. The summed E-state index contributed by atoms with van der Waals surface area (Å²) < 4.78 is 0.857. The molecule has 0 atom stereocenters. The topological polar surface area (TPSA) is 84.6 Å². The Bertz CT molecular complexity index is 747.